The van der Waals surface area contributed by atoms with Crippen LogP contribution in [0.2, 0.25) is 0 Å². The van der Waals surface area contributed by atoms with E-state index in [-0.39, 0.29) is 63.4 Å². The Bertz CT molecular complexity index is 1750. The minimum atomic E-state index is -5.78. The largest absolute Gasteiger partial charge is 0.790 e. The molecule has 0 bridgehead atoms. The molecule has 0 aliphatic carbocycles. The third kappa shape index (κ3) is 6.31. The van der Waals surface area contributed by atoms with E-state index in [0.29, 0.717) is 0 Å². The summed E-state index contributed by atoms with van der Waals surface area (Å²) in [4.78, 5) is 48.4. The van der Waals surface area contributed by atoms with Gasteiger partial charge in [0.15, 0.2) is 34.5 Å². The average molecular weight is 585 g/mol. The number of carbonyl (C=O) groups excluding carboxylic acids is 1. The first-order valence-corrected chi connectivity index (χ1v) is 12.6. The maximum absolute atomic E-state index is 15.0. The maximum atomic E-state index is 15.0. The Balaban J connectivity index is 1.76. The number of phosphoric ester groups is 1. The Morgan fingerprint density at radius 1 is 1.12 bits per heavy atom. The van der Waals surface area contributed by atoms with Crippen molar-refractivity contribution in [2.75, 3.05) is 33.0 Å². The van der Waals surface area contributed by atoms with Gasteiger partial charge in [-0.05, 0) is 43.5 Å². The Kier molecular flexibility index (Phi) is 5.70. The molecule has 2 aromatic heterocycles. The highest BCUT2D eigenvalue weighted by molar-refractivity contribution is 7.43. The Hall–Kier alpha value is -3.84. The zero-order chi connectivity index (χ0) is 36.0. The summed E-state index contributed by atoms with van der Waals surface area (Å²) in [7, 11) is -1.90. The van der Waals surface area contributed by atoms with E-state index in [4.69, 9.17) is 29.9 Å². The number of fused-ring (bicyclic) bond motifs is 1. The van der Waals surface area contributed by atoms with Gasteiger partial charge in [0.25, 0.3) is 5.91 Å². The summed E-state index contributed by atoms with van der Waals surface area (Å²) in [5.41, 5.74) is -3.83. The number of hydrogen-bond acceptors (Lipinski definition) is 12. The molecule has 0 fully saturated rings. The highest BCUT2D eigenvalue weighted by Gasteiger charge is 2.42. The minimum absolute atomic E-state index is 0.0168. The van der Waals surface area contributed by atoms with E-state index in [1.54, 1.807) is 0 Å². The molecule has 0 radical (unpaired) electrons. The minimum Gasteiger partial charge on any atom is -0.790 e. The molecule has 15 heteroatoms. The lowest BCUT2D eigenvalue weighted by Gasteiger charge is -2.39. The standard InChI is InChI=1S/C25H28FN4O9P/c1-25(2)24(31)30(13-38-40(32,33)34)23-18(39-25)7-6-15(28-23)11-17-16(26)12-27-21(29-17)10-14-8-19(35-3)22(37-5)20(9-14)36-4/h6-9,12H,10-11,13H2,1-5H3,(H2,32,33,34)/p-2/i1D3,2D3,8D,9D. The van der Waals surface area contributed by atoms with Crippen LogP contribution in [0.15, 0.2) is 30.4 Å². The zero-order valence-electron chi connectivity index (χ0n) is 29.1. The van der Waals surface area contributed by atoms with E-state index in [0.717, 1.165) is 12.3 Å². The lowest BCUT2D eigenvalue weighted by atomic mass is 10.1. The van der Waals surface area contributed by atoms with Gasteiger partial charge in [0.1, 0.15) is 12.6 Å². The molecule has 0 spiro atoms. The molecule has 13 nitrogen and oxygen atoms in total. The number of hydrogen-bond donors (Lipinski definition) is 0. The number of carbonyl (C=O) groups is 1. The van der Waals surface area contributed by atoms with Gasteiger partial charge < -0.3 is 37.8 Å². The molecule has 40 heavy (non-hydrogen) atoms. The first-order chi connectivity index (χ1) is 22.2. The Labute approximate surface area is 240 Å². The molecule has 1 amide bonds. The second kappa shape index (κ2) is 11.3. The molecule has 4 rings (SSSR count). The summed E-state index contributed by atoms with van der Waals surface area (Å²) < 4.78 is 115. The quantitative estimate of drug-likeness (QED) is 0.316. The van der Waals surface area contributed by atoms with E-state index in [9.17, 15) is 23.5 Å². The Morgan fingerprint density at radius 2 is 1.82 bits per heavy atom. The molecule has 0 N–H and O–H groups in total. The van der Waals surface area contributed by atoms with Crippen molar-refractivity contribution in [2.24, 2.45) is 0 Å². The second-order valence-corrected chi connectivity index (χ2v) is 9.26. The predicted octanol–water partition coefficient (Wildman–Crippen LogP) is 1.52. The molecular formula is C25H26FN4O9P-2. The van der Waals surface area contributed by atoms with Crippen LogP contribution in [0.5, 0.6) is 23.0 Å². The normalized spacial score (nSPS) is 17.9. The summed E-state index contributed by atoms with van der Waals surface area (Å²) in [6, 6.07) is 1.73. The van der Waals surface area contributed by atoms with Crippen molar-refractivity contribution in [2.45, 2.75) is 32.1 Å². The van der Waals surface area contributed by atoms with Crippen LogP contribution in [0.4, 0.5) is 10.2 Å². The lowest BCUT2D eigenvalue weighted by Crippen LogP contribution is -2.53. The van der Waals surface area contributed by atoms with Gasteiger partial charge in [-0.3, -0.25) is 9.69 Å². The van der Waals surface area contributed by atoms with Crippen molar-refractivity contribution in [1.29, 1.82) is 0 Å². The Morgan fingerprint density at radius 3 is 2.42 bits per heavy atom. The molecule has 0 unspecified atom stereocenters. The van der Waals surface area contributed by atoms with E-state index < -0.39 is 63.6 Å². The summed E-state index contributed by atoms with van der Waals surface area (Å²) in [5.74, 6) is -4.03. The lowest BCUT2D eigenvalue weighted by molar-refractivity contribution is -0.341. The van der Waals surface area contributed by atoms with Crippen molar-refractivity contribution in [3.8, 4) is 23.0 Å². The molecular weight excluding hydrogens is 550 g/mol. The summed E-state index contributed by atoms with van der Waals surface area (Å²) in [6.07, 6.45) is 0.137. The topological polar surface area (TPSA) is 168 Å². The van der Waals surface area contributed by atoms with Gasteiger partial charge >= 0.3 is 0 Å². The van der Waals surface area contributed by atoms with Crippen LogP contribution in [0.3, 0.4) is 0 Å². The van der Waals surface area contributed by atoms with Crippen LogP contribution < -0.4 is 33.6 Å². The predicted molar refractivity (Wildman–Crippen MR) is 134 cm³/mol. The van der Waals surface area contributed by atoms with Crippen LogP contribution in [-0.4, -0.2) is 54.5 Å². The van der Waals surface area contributed by atoms with Crippen molar-refractivity contribution < 1.29 is 58.0 Å². The summed E-state index contributed by atoms with van der Waals surface area (Å²) in [5, 5.41) is 0. The third-order valence-corrected chi connectivity index (χ3v) is 5.84. The number of amides is 1. The molecule has 3 heterocycles. The van der Waals surface area contributed by atoms with Crippen LogP contribution in [-0.2, 0) is 26.7 Å². The molecule has 1 aliphatic rings. The van der Waals surface area contributed by atoms with Gasteiger partial charge in [-0.1, -0.05) is 0 Å². The number of anilines is 1. The molecule has 0 atom stereocenters. The van der Waals surface area contributed by atoms with E-state index in [2.05, 4.69) is 19.5 Å². The number of methoxy groups -OCH3 is 3. The van der Waals surface area contributed by atoms with Crippen LogP contribution in [0.25, 0.3) is 0 Å². The van der Waals surface area contributed by atoms with E-state index >= 15 is 0 Å². The number of phosphoric acid groups is 1. The van der Waals surface area contributed by atoms with Crippen LogP contribution >= 0.6 is 7.82 Å². The van der Waals surface area contributed by atoms with Crippen molar-refractivity contribution in [3.05, 3.63) is 59.0 Å². The number of ether oxygens (including phenoxy) is 4. The molecule has 0 saturated carbocycles. The number of aromatic nitrogens is 3. The van der Waals surface area contributed by atoms with E-state index in [1.807, 2.05) is 0 Å². The number of halogens is 1. The van der Waals surface area contributed by atoms with Gasteiger partial charge in [-0.25, -0.2) is 19.3 Å². The van der Waals surface area contributed by atoms with Crippen molar-refractivity contribution in [3.63, 3.8) is 0 Å². The highest BCUT2D eigenvalue weighted by atomic mass is 31.2. The van der Waals surface area contributed by atoms with Gasteiger partial charge in [-0.2, -0.15) is 0 Å². The smallest absolute Gasteiger partial charge is 0.273 e. The first kappa shape index (κ1) is 20.1. The SMILES string of the molecule is [2H]c1c(Cc2ncc(F)c(Cc3ccc4c(n3)N(COP(=O)([O-])[O-])C(=O)C(C([2H])([2H])[2H])(C([2H])([2H])[2H])O4)n2)c([2H])c(OC)c(OC)c1OC. The molecule has 0 saturated heterocycles. The second-order valence-electron chi connectivity index (χ2n) is 8.11. The van der Waals surface area contributed by atoms with E-state index in [1.165, 1.54) is 27.4 Å². The number of rotatable bonds is 10. The number of benzene rings is 1. The molecule has 1 aromatic carbocycles. The third-order valence-electron chi connectivity index (χ3n) is 5.41. The monoisotopic (exact) mass is 584 g/mol. The highest BCUT2D eigenvalue weighted by Crippen LogP contribution is 2.39. The van der Waals surface area contributed by atoms with Crippen LogP contribution in [0, 0.1) is 5.82 Å². The van der Waals surface area contributed by atoms with Gasteiger partial charge in [0, 0.05) is 26.8 Å². The fraction of sp³-hybridized carbons (Fsp3) is 0.360. The molecule has 1 aliphatic heterocycles. The maximum Gasteiger partial charge on any atom is 0.273 e. The first-order valence-electron chi connectivity index (χ1n) is 15.2. The fourth-order valence-electron chi connectivity index (χ4n) is 3.66. The summed E-state index contributed by atoms with van der Waals surface area (Å²) >= 11 is 0. The van der Waals surface area contributed by atoms with Crippen molar-refractivity contribution in [1.82, 2.24) is 15.0 Å². The van der Waals surface area contributed by atoms with Gasteiger partial charge in [0.2, 0.25) is 5.75 Å². The number of pyridine rings is 1. The molecule has 214 valence electrons. The fourth-order valence-corrected chi connectivity index (χ4v) is 3.91. The summed E-state index contributed by atoms with van der Waals surface area (Å²) in [6.45, 7) is -8.73. The van der Waals surface area contributed by atoms with Gasteiger partial charge in [-0.15, -0.1) is 0 Å². The zero-order valence-corrected chi connectivity index (χ0v) is 22.0. The molecule has 3 aromatic rings. The van der Waals surface area contributed by atoms with Crippen molar-refractivity contribution >= 4 is 19.5 Å². The average Bonchev–Trinajstić information content (AvgIpc) is 2.98. The number of nitrogens with zero attached hydrogens (tertiary/aromatic N) is 4. The van der Waals surface area contributed by atoms with Gasteiger partial charge in [0.05, 0.1) is 43.8 Å². The van der Waals surface area contributed by atoms with Crippen LogP contribution in [0.1, 0.15) is 47.4 Å².